The van der Waals surface area contributed by atoms with Crippen molar-refractivity contribution in [2.75, 3.05) is 19.8 Å². The lowest BCUT2D eigenvalue weighted by molar-refractivity contribution is 0.0417. The van der Waals surface area contributed by atoms with E-state index in [4.69, 9.17) is 4.74 Å². The molecule has 0 aliphatic carbocycles. The van der Waals surface area contributed by atoms with Gasteiger partial charge in [0.05, 0.1) is 13.2 Å². The molecule has 1 aromatic rings. The average Bonchev–Trinajstić information content (AvgIpc) is 2.65. The molecule has 1 saturated heterocycles. The lowest BCUT2D eigenvalue weighted by Gasteiger charge is -2.31. The third kappa shape index (κ3) is 2.47. The van der Waals surface area contributed by atoms with Crippen LogP contribution in [0.4, 0.5) is 0 Å². The zero-order valence-corrected chi connectivity index (χ0v) is 10.6. The molecule has 1 fully saturated rings. The lowest BCUT2D eigenvalue weighted by atomic mass is 10.3. The molecule has 0 saturated carbocycles. The first-order valence-corrected chi connectivity index (χ1v) is 6.93. The average molecular weight is 245 g/mol. The topological polar surface area (TPSA) is 29.5 Å². The molecule has 0 spiro atoms. The van der Waals surface area contributed by atoms with Crippen molar-refractivity contribution in [2.24, 2.45) is 0 Å². The van der Waals surface area contributed by atoms with Gasteiger partial charge in [-0.25, -0.2) is 8.51 Å². The maximum absolute atomic E-state index is 12.2. The van der Waals surface area contributed by atoms with E-state index in [1.54, 1.807) is 11.3 Å². The molecule has 1 aromatic heterocycles. The Labute approximate surface area is 96.6 Å². The van der Waals surface area contributed by atoms with Crippen molar-refractivity contribution in [1.29, 1.82) is 0 Å². The van der Waals surface area contributed by atoms with E-state index in [1.807, 2.05) is 23.4 Å². The molecule has 1 aliphatic rings. The van der Waals surface area contributed by atoms with E-state index in [1.165, 1.54) is 4.88 Å². The summed E-state index contributed by atoms with van der Waals surface area (Å²) in [5.41, 5.74) is 0. The molecule has 0 N–H and O–H groups in total. The predicted octanol–water partition coefficient (Wildman–Crippen LogP) is 1.80. The highest BCUT2D eigenvalue weighted by molar-refractivity contribution is 7.85. The normalized spacial score (nSPS) is 25.3. The summed E-state index contributed by atoms with van der Waals surface area (Å²) < 4.78 is 20.5. The summed E-state index contributed by atoms with van der Waals surface area (Å²) in [6, 6.07) is 4.21. The SMILES string of the molecule is Cc1ccc(S(=O)N2CCOCC2C)s1. The first-order valence-electron chi connectivity index (χ1n) is 5.01. The standard InChI is InChI=1S/C10H15NO2S2/c1-8-7-13-6-5-11(8)15(12)10-4-3-9(2)14-10/h3-4,8H,5-7H2,1-2H3. The molecule has 2 rings (SSSR count). The fraction of sp³-hybridized carbons (Fsp3) is 0.600. The van der Waals surface area contributed by atoms with Crippen LogP contribution in [0.1, 0.15) is 11.8 Å². The second kappa shape index (κ2) is 4.74. The molecule has 2 atom stereocenters. The Kier molecular flexibility index (Phi) is 3.56. The highest BCUT2D eigenvalue weighted by Crippen LogP contribution is 2.23. The van der Waals surface area contributed by atoms with Crippen LogP contribution in [0.5, 0.6) is 0 Å². The van der Waals surface area contributed by atoms with Gasteiger partial charge in [0.1, 0.15) is 15.2 Å². The quantitative estimate of drug-likeness (QED) is 0.795. The maximum Gasteiger partial charge on any atom is 0.138 e. The Morgan fingerprint density at radius 2 is 2.40 bits per heavy atom. The van der Waals surface area contributed by atoms with Crippen LogP contribution in [0.2, 0.25) is 0 Å². The second-order valence-electron chi connectivity index (χ2n) is 3.68. The summed E-state index contributed by atoms with van der Waals surface area (Å²) in [5.74, 6) is 0. The molecule has 0 amide bonds. The smallest absolute Gasteiger partial charge is 0.138 e. The van der Waals surface area contributed by atoms with Gasteiger partial charge in [-0.15, -0.1) is 11.3 Å². The number of nitrogens with zero attached hydrogens (tertiary/aromatic N) is 1. The van der Waals surface area contributed by atoms with E-state index >= 15 is 0 Å². The monoisotopic (exact) mass is 245 g/mol. The molecule has 0 radical (unpaired) electrons. The first kappa shape index (κ1) is 11.3. The summed E-state index contributed by atoms with van der Waals surface area (Å²) >= 11 is 1.61. The van der Waals surface area contributed by atoms with E-state index < -0.39 is 11.0 Å². The summed E-state index contributed by atoms with van der Waals surface area (Å²) in [6.45, 7) is 6.20. The van der Waals surface area contributed by atoms with Crippen molar-refractivity contribution in [1.82, 2.24) is 4.31 Å². The van der Waals surface area contributed by atoms with Crippen LogP contribution in [0.15, 0.2) is 16.3 Å². The molecule has 2 heterocycles. The van der Waals surface area contributed by atoms with Crippen LogP contribution in [-0.2, 0) is 15.7 Å². The van der Waals surface area contributed by atoms with Crippen molar-refractivity contribution in [3.63, 3.8) is 0 Å². The van der Waals surface area contributed by atoms with Crippen molar-refractivity contribution < 1.29 is 8.95 Å². The number of hydrogen-bond donors (Lipinski definition) is 0. The van der Waals surface area contributed by atoms with Crippen molar-refractivity contribution >= 4 is 22.3 Å². The minimum atomic E-state index is -1.01. The number of aryl methyl sites for hydroxylation is 1. The number of morpholine rings is 1. The Bertz CT molecular complexity index is 364. The van der Waals surface area contributed by atoms with Gasteiger partial charge in [0.2, 0.25) is 0 Å². The molecular weight excluding hydrogens is 230 g/mol. The first-order chi connectivity index (χ1) is 7.18. The second-order valence-corrected chi connectivity index (χ2v) is 6.63. The Hall–Kier alpha value is -0.230. The van der Waals surface area contributed by atoms with Crippen LogP contribution in [0.25, 0.3) is 0 Å². The molecule has 15 heavy (non-hydrogen) atoms. The minimum Gasteiger partial charge on any atom is -0.378 e. The summed E-state index contributed by atoms with van der Waals surface area (Å²) in [6.07, 6.45) is 0. The lowest BCUT2D eigenvalue weighted by Crippen LogP contribution is -2.44. The molecule has 0 aromatic carbocycles. The third-order valence-electron chi connectivity index (χ3n) is 2.41. The van der Waals surface area contributed by atoms with Crippen LogP contribution in [-0.4, -0.2) is 34.3 Å². The maximum atomic E-state index is 12.2. The van der Waals surface area contributed by atoms with Gasteiger partial charge in [0, 0.05) is 17.5 Å². The number of thiophene rings is 1. The van der Waals surface area contributed by atoms with Crippen molar-refractivity contribution in [3.05, 3.63) is 17.0 Å². The van der Waals surface area contributed by atoms with Gasteiger partial charge in [0.15, 0.2) is 0 Å². The molecule has 5 heteroatoms. The fourth-order valence-corrected chi connectivity index (χ4v) is 4.18. The zero-order chi connectivity index (χ0) is 10.8. The Morgan fingerprint density at radius 1 is 1.60 bits per heavy atom. The molecule has 2 unspecified atom stereocenters. The Morgan fingerprint density at radius 3 is 3.00 bits per heavy atom. The van der Waals surface area contributed by atoms with E-state index in [0.29, 0.717) is 13.2 Å². The third-order valence-corrected chi connectivity index (χ3v) is 5.33. The van der Waals surface area contributed by atoms with Crippen LogP contribution in [0, 0.1) is 6.92 Å². The van der Waals surface area contributed by atoms with Gasteiger partial charge < -0.3 is 4.74 Å². The van der Waals surface area contributed by atoms with E-state index in [0.717, 1.165) is 10.8 Å². The predicted molar refractivity (Wildman–Crippen MR) is 62.5 cm³/mol. The highest BCUT2D eigenvalue weighted by Gasteiger charge is 2.25. The summed E-state index contributed by atoms with van der Waals surface area (Å²) in [7, 11) is -1.01. The largest absolute Gasteiger partial charge is 0.378 e. The minimum absolute atomic E-state index is 0.238. The molecular formula is C10H15NO2S2. The molecule has 1 aliphatic heterocycles. The number of hydrogen-bond acceptors (Lipinski definition) is 3. The van der Waals surface area contributed by atoms with Crippen LogP contribution >= 0.6 is 11.3 Å². The molecule has 3 nitrogen and oxygen atoms in total. The van der Waals surface area contributed by atoms with Gasteiger partial charge >= 0.3 is 0 Å². The highest BCUT2D eigenvalue weighted by atomic mass is 32.2. The van der Waals surface area contributed by atoms with E-state index in [-0.39, 0.29) is 6.04 Å². The van der Waals surface area contributed by atoms with Gasteiger partial charge in [-0.1, -0.05) is 0 Å². The van der Waals surface area contributed by atoms with Gasteiger partial charge in [-0.2, -0.15) is 0 Å². The van der Waals surface area contributed by atoms with Gasteiger partial charge in [0.25, 0.3) is 0 Å². The van der Waals surface area contributed by atoms with E-state index in [2.05, 4.69) is 6.92 Å². The summed E-state index contributed by atoms with van der Waals surface area (Å²) in [5, 5.41) is 0. The van der Waals surface area contributed by atoms with Crippen LogP contribution in [0.3, 0.4) is 0 Å². The van der Waals surface area contributed by atoms with E-state index in [9.17, 15) is 4.21 Å². The molecule has 0 bridgehead atoms. The summed E-state index contributed by atoms with van der Waals surface area (Å²) in [4.78, 5) is 1.21. The Balaban J connectivity index is 2.13. The van der Waals surface area contributed by atoms with Crippen molar-refractivity contribution in [2.45, 2.75) is 24.1 Å². The van der Waals surface area contributed by atoms with Crippen LogP contribution < -0.4 is 0 Å². The molecule has 84 valence electrons. The number of ether oxygens (including phenoxy) is 1. The fourth-order valence-electron chi connectivity index (χ4n) is 1.58. The van der Waals surface area contributed by atoms with Gasteiger partial charge in [-0.3, -0.25) is 0 Å². The zero-order valence-electron chi connectivity index (χ0n) is 8.93. The van der Waals surface area contributed by atoms with Gasteiger partial charge in [-0.05, 0) is 26.0 Å². The number of rotatable bonds is 2. The van der Waals surface area contributed by atoms with Crippen molar-refractivity contribution in [3.8, 4) is 0 Å².